The standard InChI is InChI=1S/C5H4BCl2NO2.C5H2Cl2IN/c7-4-1-3(6(10)11)2-5(8)9-4;6-4-1-3(8)2-5(7)9-4/h1-2,10-11H;1-2H. The van der Waals surface area contributed by atoms with Crippen LogP contribution in [0.3, 0.4) is 0 Å². The van der Waals surface area contributed by atoms with Gasteiger partial charge < -0.3 is 10.0 Å². The number of halogens is 5. The summed E-state index contributed by atoms with van der Waals surface area (Å²) in [6.45, 7) is 0. The normalized spacial score (nSPS) is 9.75. The third kappa shape index (κ3) is 6.75. The van der Waals surface area contributed by atoms with Crippen molar-refractivity contribution in [1.82, 2.24) is 9.97 Å². The number of pyridine rings is 2. The zero-order valence-corrected chi connectivity index (χ0v) is 14.7. The van der Waals surface area contributed by atoms with Gasteiger partial charge in [-0.25, -0.2) is 9.97 Å². The molecule has 2 N–H and O–H groups in total. The van der Waals surface area contributed by atoms with Crippen molar-refractivity contribution in [2.75, 3.05) is 0 Å². The zero-order chi connectivity index (χ0) is 15.3. The third-order valence-electron chi connectivity index (χ3n) is 1.81. The van der Waals surface area contributed by atoms with Crippen molar-refractivity contribution in [3.63, 3.8) is 0 Å². The Bertz CT molecular complexity index is 533. The topological polar surface area (TPSA) is 66.2 Å². The molecule has 0 aliphatic rings. The number of nitrogens with zero attached hydrogens (tertiary/aromatic N) is 2. The van der Waals surface area contributed by atoms with E-state index in [1.807, 2.05) is 0 Å². The third-order valence-corrected chi connectivity index (χ3v) is 3.21. The van der Waals surface area contributed by atoms with Gasteiger partial charge >= 0.3 is 7.12 Å². The Kier molecular flexibility index (Phi) is 7.82. The van der Waals surface area contributed by atoms with Crippen LogP contribution < -0.4 is 5.46 Å². The zero-order valence-electron chi connectivity index (χ0n) is 9.57. The predicted octanol–water partition coefficient (Wildman–Crippen LogP) is 3.06. The highest BCUT2D eigenvalue weighted by atomic mass is 127. The smallest absolute Gasteiger partial charge is 0.423 e. The van der Waals surface area contributed by atoms with Crippen LogP contribution in [0.1, 0.15) is 0 Å². The van der Waals surface area contributed by atoms with Gasteiger partial charge in [0, 0.05) is 3.57 Å². The molecule has 0 saturated carbocycles. The molecule has 2 rings (SSSR count). The van der Waals surface area contributed by atoms with Gasteiger partial charge in [-0.1, -0.05) is 46.4 Å². The van der Waals surface area contributed by atoms with Crippen molar-refractivity contribution in [1.29, 1.82) is 0 Å². The van der Waals surface area contributed by atoms with Gasteiger partial charge in [-0.3, -0.25) is 0 Å². The molecule has 0 amide bonds. The number of hydrogen-bond donors (Lipinski definition) is 2. The lowest BCUT2D eigenvalue weighted by Crippen LogP contribution is -2.29. The Hall–Kier alpha value is 0.175. The van der Waals surface area contributed by atoms with E-state index < -0.39 is 7.12 Å². The lowest BCUT2D eigenvalue weighted by Gasteiger charge is -1.99. The number of hydrogen-bond acceptors (Lipinski definition) is 4. The summed E-state index contributed by atoms with van der Waals surface area (Å²) in [4.78, 5) is 7.39. The van der Waals surface area contributed by atoms with E-state index in [0.717, 1.165) is 3.57 Å². The highest BCUT2D eigenvalue weighted by Gasteiger charge is 2.12. The summed E-state index contributed by atoms with van der Waals surface area (Å²) >= 11 is 24.2. The first-order chi connectivity index (χ1) is 9.27. The van der Waals surface area contributed by atoms with Crippen LogP contribution in [0, 0.1) is 3.57 Å². The van der Waals surface area contributed by atoms with Gasteiger partial charge in [-0.15, -0.1) is 0 Å². The highest BCUT2D eigenvalue weighted by Crippen LogP contribution is 2.15. The van der Waals surface area contributed by atoms with Gasteiger partial charge in [0.15, 0.2) is 0 Å². The molecule has 20 heavy (non-hydrogen) atoms. The second-order valence-electron chi connectivity index (χ2n) is 3.35. The largest absolute Gasteiger partial charge is 0.488 e. The van der Waals surface area contributed by atoms with Crippen molar-refractivity contribution >= 4 is 81.6 Å². The summed E-state index contributed by atoms with van der Waals surface area (Å²) in [6.07, 6.45) is 0. The second kappa shape index (κ2) is 8.58. The van der Waals surface area contributed by atoms with E-state index in [1.165, 1.54) is 12.1 Å². The first-order valence-corrected chi connectivity index (χ1v) is 7.54. The monoisotopic (exact) mass is 464 g/mol. The molecule has 0 bridgehead atoms. The van der Waals surface area contributed by atoms with E-state index in [1.54, 1.807) is 12.1 Å². The van der Waals surface area contributed by atoms with Crippen molar-refractivity contribution in [3.8, 4) is 0 Å². The minimum absolute atomic E-state index is 0.139. The predicted molar refractivity (Wildman–Crippen MR) is 91.1 cm³/mol. The summed E-state index contributed by atoms with van der Waals surface area (Å²) in [6, 6.07) is 6.15. The van der Waals surface area contributed by atoms with Crippen LogP contribution >= 0.6 is 69.0 Å². The molecule has 0 fully saturated rings. The van der Waals surface area contributed by atoms with Gasteiger partial charge in [-0.2, -0.15) is 0 Å². The van der Waals surface area contributed by atoms with Gasteiger partial charge in [0.05, 0.1) is 0 Å². The van der Waals surface area contributed by atoms with Crippen molar-refractivity contribution in [2.24, 2.45) is 0 Å². The molecule has 2 aromatic rings. The fraction of sp³-hybridized carbons (Fsp3) is 0. The Morgan fingerprint density at radius 1 is 0.800 bits per heavy atom. The Morgan fingerprint density at radius 3 is 1.45 bits per heavy atom. The molecule has 0 saturated heterocycles. The Labute approximate surface area is 149 Å². The molecule has 0 aromatic carbocycles. The molecule has 4 nitrogen and oxygen atoms in total. The first kappa shape index (κ1) is 18.2. The van der Waals surface area contributed by atoms with Crippen molar-refractivity contribution in [3.05, 3.63) is 48.4 Å². The molecule has 0 radical (unpaired) electrons. The van der Waals surface area contributed by atoms with Crippen LogP contribution in [-0.2, 0) is 0 Å². The molecular formula is C10H6BCl4IN2O2. The average molecular weight is 466 g/mol. The Morgan fingerprint density at radius 2 is 1.15 bits per heavy atom. The fourth-order valence-electron chi connectivity index (χ4n) is 1.07. The SMILES string of the molecule is Clc1cc(I)cc(Cl)n1.OB(O)c1cc(Cl)nc(Cl)c1. The molecule has 10 heteroatoms. The molecular weight excluding hydrogens is 460 g/mol. The van der Waals surface area contributed by atoms with E-state index in [9.17, 15) is 0 Å². The second-order valence-corrected chi connectivity index (χ2v) is 6.15. The van der Waals surface area contributed by atoms with Crippen LogP contribution in [-0.4, -0.2) is 27.1 Å². The molecule has 2 aromatic heterocycles. The van der Waals surface area contributed by atoms with E-state index in [4.69, 9.17) is 56.5 Å². The van der Waals surface area contributed by atoms with Gasteiger partial charge in [-0.05, 0) is 52.3 Å². The lowest BCUT2D eigenvalue weighted by atomic mass is 9.81. The minimum Gasteiger partial charge on any atom is -0.423 e. The fourth-order valence-corrected chi connectivity index (χ4v) is 2.96. The highest BCUT2D eigenvalue weighted by molar-refractivity contribution is 14.1. The molecule has 106 valence electrons. The maximum absolute atomic E-state index is 8.68. The van der Waals surface area contributed by atoms with E-state index in [0.29, 0.717) is 10.3 Å². The maximum Gasteiger partial charge on any atom is 0.488 e. The van der Waals surface area contributed by atoms with Gasteiger partial charge in [0.1, 0.15) is 20.6 Å². The average Bonchev–Trinajstić information content (AvgIpc) is 2.26. The maximum atomic E-state index is 8.68. The summed E-state index contributed by atoms with van der Waals surface area (Å²) in [7, 11) is -1.56. The lowest BCUT2D eigenvalue weighted by molar-refractivity contribution is 0.425. The molecule has 0 atom stereocenters. The molecule has 2 heterocycles. The number of rotatable bonds is 1. The molecule has 0 aliphatic heterocycles. The van der Waals surface area contributed by atoms with Crippen LogP contribution in [0.5, 0.6) is 0 Å². The number of aromatic nitrogens is 2. The van der Waals surface area contributed by atoms with E-state index >= 15 is 0 Å². The van der Waals surface area contributed by atoms with Crippen LogP contribution in [0.2, 0.25) is 20.6 Å². The summed E-state index contributed by atoms with van der Waals surface area (Å²) in [5.74, 6) is 0. The first-order valence-electron chi connectivity index (χ1n) is 4.95. The van der Waals surface area contributed by atoms with Crippen LogP contribution in [0.15, 0.2) is 24.3 Å². The van der Waals surface area contributed by atoms with E-state index in [-0.39, 0.29) is 15.8 Å². The van der Waals surface area contributed by atoms with Crippen LogP contribution in [0.4, 0.5) is 0 Å². The summed E-state index contributed by atoms with van der Waals surface area (Å²) in [5, 5.41) is 18.5. The van der Waals surface area contributed by atoms with E-state index in [2.05, 4.69) is 32.6 Å². The van der Waals surface area contributed by atoms with Gasteiger partial charge in [0.25, 0.3) is 0 Å². The van der Waals surface area contributed by atoms with Crippen molar-refractivity contribution < 1.29 is 10.0 Å². The quantitative estimate of drug-likeness (QED) is 0.386. The molecule has 0 spiro atoms. The molecule has 0 unspecified atom stereocenters. The summed E-state index contributed by atoms with van der Waals surface area (Å²) < 4.78 is 0.998. The van der Waals surface area contributed by atoms with Crippen molar-refractivity contribution in [2.45, 2.75) is 0 Å². The molecule has 0 aliphatic carbocycles. The Balaban J connectivity index is 0.000000204. The van der Waals surface area contributed by atoms with Gasteiger partial charge in [0.2, 0.25) is 0 Å². The summed E-state index contributed by atoms with van der Waals surface area (Å²) in [5.41, 5.74) is 0.231. The minimum atomic E-state index is -1.56. The van der Waals surface area contributed by atoms with Crippen LogP contribution in [0.25, 0.3) is 0 Å².